The van der Waals surface area contributed by atoms with E-state index in [1.807, 2.05) is 0 Å². The van der Waals surface area contributed by atoms with Gasteiger partial charge < -0.3 is 5.32 Å². The Morgan fingerprint density at radius 1 is 1.35 bits per heavy atom. The van der Waals surface area contributed by atoms with Crippen LogP contribution in [0.5, 0.6) is 0 Å². The van der Waals surface area contributed by atoms with Crippen molar-refractivity contribution in [1.29, 1.82) is 0 Å². The summed E-state index contributed by atoms with van der Waals surface area (Å²) in [6.45, 7) is 0.563. The number of nitrogens with zero attached hydrogens (tertiary/aromatic N) is 5. The molecule has 0 aliphatic heterocycles. The maximum Gasteiger partial charge on any atom is 0.305 e. The second-order valence-electron chi connectivity index (χ2n) is 3.13. The van der Waals surface area contributed by atoms with E-state index in [1.165, 1.54) is 6.33 Å². The van der Waals surface area contributed by atoms with E-state index >= 15 is 0 Å². The van der Waals surface area contributed by atoms with Crippen molar-refractivity contribution in [2.75, 3.05) is 11.9 Å². The molecule has 0 aromatic carbocycles. The molecule has 2 aromatic rings. The van der Waals surface area contributed by atoms with Crippen LogP contribution in [0.3, 0.4) is 0 Å². The van der Waals surface area contributed by atoms with E-state index in [-0.39, 0.29) is 5.69 Å². The largest absolute Gasteiger partial charge is 0.354 e. The van der Waals surface area contributed by atoms with Gasteiger partial charge >= 0.3 is 5.69 Å². The van der Waals surface area contributed by atoms with Gasteiger partial charge in [-0.3, -0.25) is 15.2 Å². The van der Waals surface area contributed by atoms with Crippen LogP contribution in [0, 0.1) is 10.1 Å². The Hall–Kier alpha value is -2.58. The fourth-order valence-electron chi connectivity index (χ4n) is 1.15. The van der Waals surface area contributed by atoms with Gasteiger partial charge in [0.25, 0.3) is 0 Å². The second-order valence-corrected chi connectivity index (χ2v) is 3.13. The summed E-state index contributed by atoms with van der Waals surface area (Å²) >= 11 is 0. The summed E-state index contributed by atoms with van der Waals surface area (Å²) in [4.78, 5) is 21.4. The summed E-state index contributed by atoms with van der Waals surface area (Å²) in [7, 11) is 0. The summed E-state index contributed by atoms with van der Waals surface area (Å²) in [5.74, 6) is 1.09. The standard InChI is InChI=1S/C8H9N7O2/c16-15(17)6-3-10-8(11-4-6)9-2-1-7-12-5-13-14-7/h3-5H,1-2H2,(H,9,10,11)(H,12,13,14). The topological polar surface area (TPSA) is 123 Å². The zero-order valence-corrected chi connectivity index (χ0v) is 8.70. The van der Waals surface area contributed by atoms with Crippen LogP contribution in [0.4, 0.5) is 11.6 Å². The lowest BCUT2D eigenvalue weighted by Crippen LogP contribution is -2.08. The Bertz CT molecular complexity index is 481. The van der Waals surface area contributed by atoms with Crippen molar-refractivity contribution in [3.8, 4) is 0 Å². The molecule has 0 fully saturated rings. The zero-order valence-electron chi connectivity index (χ0n) is 8.70. The van der Waals surface area contributed by atoms with Crippen LogP contribution < -0.4 is 5.32 Å². The van der Waals surface area contributed by atoms with Gasteiger partial charge in [0.05, 0.1) is 4.92 Å². The molecular weight excluding hydrogens is 226 g/mol. The molecule has 0 atom stereocenters. The highest BCUT2D eigenvalue weighted by Crippen LogP contribution is 2.07. The van der Waals surface area contributed by atoms with Crippen LogP contribution >= 0.6 is 0 Å². The van der Waals surface area contributed by atoms with E-state index in [1.54, 1.807) is 0 Å². The van der Waals surface area contributed by atoms with Gasteiger partial charge in [0.1, 0.15) is 24.5 Å². The van der Waals surface area contributed by atoms with Crippen molar-refractivity contribution < 1.29 is 4.92 Å². The molecule has 9 nitrogen and oxygen atoms in total. The smallest absolute Gasteiger partial charge is 0.305 e. The average Bonchev–Trinajstić information content (AvgIpc) is 2.83. The minimum atomic E-state index is -0.543. The molecule has 0 bridgehead atoms. The lowest BCUT2D eigenvalue weighted by Gasteiger charge is -2.01. The van der Waals surface area contributed by atoms with Crippen LogP contribution in [0.2, 0.25) is 0 Å². The molecule has 2 rings (SSSR count). The van der Waals surface area contributed by atoms with Gasteiger partial charge in [0.2, 0.25) is 5.95 Å². The van der Waals surface area contributed by atoms with Gasteiger partial charge in [-0.05, 0) is 0 Å². The number of aromatic amines is 1. The average molecular weight is 235 g/mol. The number of hydrogen-bond acceptors (Lipinski definition) is 7. The van der Waals surface area contributed by atoms with Gasteiger partial charge in [0, 0.05) is 13.0 Å². The molecule has 0 unspecified atom stereocenters. The quantitative estimate of drug-likeness (QED) is 0.558. The maximum atomic E-state index is 10.4. The highest BCUT2D eigenvalue weighted by molar-refractivity contribution is 5.30. The van der Waals surface area contributed by atoms with E-state index in [0.29, 0.717) is 18.9 Å². The maximum absolute atomic E-state index is 10.4. The lowest BCUT2D eigenvalue weighted by molar-refractivity contribution is -0.385. The number of nitro groups is 1. The Balaban J connectivity index is 1.85. The summed E-state index contributed by atoms with van der Waals surface area (Å²) in [6, 6.07) is 0. The monoisotopic (exact) mass is 235 g/mol. The number of nitrogens with one attached hydrogen (secondary N) is 2. The van der Waals surface area contributed by atoms with Gasteiger partial charge in [-0.15, -0.1) is 0 Å². The van der Waals surface area contributed by atoms with Crippen molar-refractivity contribution in [3.63, 3.8) is 0 Å². The Morgan fingerprint density at radius 2 is 2.12 bits per heavy atom. The summed E-state index contributed by atoms with van der Waals surface area (Å²) in [6.07, 6.45) is 4.38. The minimum Gasteiger partial charge on any atom is -0.354 e. The van der Waals surface area contributed by atoms with Crippen molar-refractivity contribution in [2.24, 2.45) is 0 Å². The Kier molecular flexibility index (Phi) is 3.19. The predicted molar refractivity (Wildman–Crippen MR) is 57.3 cm³/mol. The first-order valence-corrected chi connectivity index (χ1v) is 4.80. The van der Waals surface area contributed by atoms with E-state index in [2.05, 4.69) is 30.5 Å². The highest BCUT2D eigenvalue weighted by atomic mass is 16.6. The predicted octanol–water partition coefficient (Wildman–Crippen LogP) is 0.157. The molecule has 0 radical (unpaired) electrons. The van der Waals surface area contributed by atoms with E-state index < -0.39 is 4.92 Å². The van der Waals surface area contributed by atoms with Crippen LogP contribution in [0.25, 0.3) is 0 Å². The molecule has 0 aliphatic rings. The Morgan fingerprint density at radius 3 is 2.71 bits per heavy atom. The van der Waals surface area contributed by atoms with Crippen LogP contribution in [0.15, 0.2) is 18.7 Å². The normalized spacial score (nSPS) is 10.1. The number of aromatic nitrogens is 5. The molecule has 88 valence electrons. The first-order chi connectivity index (χ1) is 8.25. The third-order valence-electron chi connectivity index (χ3n) is 1.96. The fourth-order valence-corrected chi connectivity index (χ4v) is 1.15. The zero-order chi connectivity index (χ0) is 12.1. The first kappa shape index (κ1) is 10.9. The van der Waals surface area contributed by atoms with Gasteiger partial charge in [0.15, 0.2) is 0 Å². The summed E-state index contributed by atoms with van der Waals surface area (Å²) in [5, 5.41) is 19.7. The third kappa shape index (κ3) is 2.93. The second kappa shape index (κ2) is 4.96. The lowest BCUT2D eigenvalue weighted by atomic mass is 10.4. The van der Waals surface area contributed by atoms with Crippen molar-refractivity contribution in [3.05, 3.63) is 34.7 Å². The first-order valence-electron chi connectivity index (χ1n) is 4.80. The van der Waals surface area contributed by atoms with Crippen molar-refractivity contribution in [1.82, 2.24) is 25.1 Å². The highest BCUT2D eigenvalue weighted by Gasteiger charge is 2.06. The van der Waals surface area contributed by atoms with E-state index in [9.17, 15) is 10.1 Å². The van der Waals surface area contributed by atoms with Gasteiger partial charge in [-0.2, -0.15) is 5.10 Å². The number of H-pyrrole nitrogens is 1. The molecule has 0 aliphatic carbocycles. The van der Waals surface area contributed by atoms with E-state index in [4.69, 9.17) is 0 Å². The molecule has 0 saturated heterocycles. The van der Waals surface area contributed by atoms with Crippen LogP contribution in [-0.2, 0) is 6.42 Å². The number of rotatable bonds is 5. The summed E-state index contributed by atoms with van der Waals surface area (Å²) in [5.41, 5.74) is -0.134. The molecule has 2 N–H and O–H groups in total. The van der Waals surface area contributed by atoms with Crippen LogP contribution in [0.1, 0.15) is 5.82 Å². The van der Waals surface area contributed by atoms with E-state index in [0.717, 1.165) is 18.2 Å². The molecule has 0 saturated carbocycles. The molecule has 17 heavy (non-hydrogen) atoms. The summed E-state index contributed by atoms with van der Waals surface area (Å²) < 4.78 is 0. The molecular formula is C8H9N7O2. The Labute approximate surface area is 95.5 Å². The number of anilines is 1. The van der Waals surface area contributed by atoms with Gasteiger partial charge in [-0.1, -0.05) is 0 Å². The van der Waals surface area contributed by atoms with Crippen molar-refractivity contribution >= 4 is 11.6 Å². The van der Waals surface area contributed by atoms with Gasteiger partial charge in [-0.25, -0.2) is 15.0 Å². The molecule has 2 aromatic heterocycles. The van der Waals surface area contributed by atoms with Crippen molar-refractivity contribution in [2.45, 2.75) is 6.42 Å². The number of hydrogen-bond donors (Lipinski definition) is 2. The molecule has 0 amide bonds. The molecule has 2 heterocycles. The fraction of sp³-hybridized carbons (Fsp3) is 0.250. The van der Waals surface area contributed by atoms with Crippen LogP contribution in [-0.4, -0.2) is 36.6 Å². The molecule has 9 heteroatoms. The molecule has 0 spiro atoms. The minimum absolute atomic E-state index is 0.134. The SMILES string of the molecule is O=[N+]([O-])c1cnc(NCCc2ncn[nH]2)nc1. The third-order valence-corrected chi connectivity index (χ3v) is 1.96.